The van der Waals surface area contributed by atoms with Crippen molar-refractivity contribution in [2.45, 2.75) is 19.3 Å². The molecule has 0 radical (unpaired) electrons. The minimum absolute atomic E-state index is 0.173. The Morgan fingerprint density at radius 1 is 0.964 bits per heavy atom. The van der Waals surface area contributed by atoms with Gasteiger partial charge in [-0.05, 0) is 49.1 Å². The lowest BCUT2D eigenvalue weighted by molar-refractivity contribution is 0.0953. The SMILES string of the molecule is COc1cc(C(=O)NCCc2ccc(N3CCCC3)cc2)cc(OC)c1OC. The average molecular weight is 384 g/mol. The Morgan fingerprint density at radius 3 is 2.11 bits per heavy atom. The third-order valence-corrected chi connectivity index (χ3v) is 5.03. The van der Waals surface area contributed by atoms with Crippen LogP contribution in [0, 0.1) is 0 Å². The first-order chi connectivity index (χ1) is 13.7. The van der Waals surface area contributed by atoms with Crippen molar-refractivity contribution in [2.24, 2.45) is 0 Å². The van der Waals surface area contributed by atoms with Crippen molar-refractivity contribution >= 4 is 11.6 Å². The maximum absolute atomic E-state index is 12.5. The minimum Gasteiger partial charge on any atom is -0.493 e. The summed E-state index contributed by atoms with van der Waals surface area (Å²) in [5, 5.41) is 2.96. The van der Waals surface area contributed by atoms with Gasteiger partial charge in [0.15, 0.2) is 11.5 Å². The van der Waals surface area contributed by atoms with E-state index in [1.165, 1.54) is 45.4 Å². The normalized spacial score (nSPS) is 13.3. The molecule has 0 aromatic heterocycles. The zero-order chi connectivity index (χ0) is 19.9. The van der Waals surface area contributed by atoms with E-state index in [1.54, 1.807) is 12.1 Å². The van der Waals surface area contributed by atoms with Gasteiger partial charge < -0.3 is 24.4 Å². The second kappa shape index (κ2) is 9.35. The number of nitrogens with zero attached hydrogens (tertiary/aromatic N) is 1. The quantitative estimate of drug-likeness (QED) is 0.757. The lowest BCUT2D eigenvalue weighted by Gasteiger charge is -2.17. The number of amides is 1. The van der Waals surface area contributed by atoms with Gasteiger partial charge in [0.1, 0.15) is 0 Å². The molecule has 2 aromatic carbocycles. The molecule has 0 unspecified atom stereocenters. The fraction of sp³-hybridized carbons (Fsp3) is 0.409. The van der Waals surface area contributed by atoms with E-state index in [-0.39, 0.29) is 5.91 Å². The number of methoxy groups -OCH3 is 3. The molecule has 1 aliphatic rings. The highest BCUT2D eigenvalue weighted by Gasteiger charge is 2.17. The van der Waals surface area contributed by atoms with Gasteiger partial charge in [-0.2, -0.15) is 0 Å². The summed E-state index contributed by atoms with van der Waals surface area (Å²) in [5.41, 5.74) is 2.95. The van der Waals surface area contributed by atoms with E-state index in [9.17, 15) is 4.79 Å². The lowest BCUT2D eigenvalue weighted by atomic mass is 10.1. The fourth-order valence-electron chi connectivity index (χ4n) is 3.48. The number of nitrogens with one attached hydrogen (secondary N) is 1. The van der Waals surface area contributed by atoms with E-state index in [0.29, 0.717) is 29.4 Å². The zero-order valence-electron chi connectivity index (χ0n) is 16.8. The van der Waals surface area contributed by atoms with Crippen molar-refractivity contribution in [3.8, 4) is 17.2 Å². The van der Waals surface area contributed by atoms with E-state index < -0.39 is 0 Å². The van der Waals surface area contributed by atoms with Crippen molar-refractivity contribution in [3.63, 3.8) is 0 Å². The Kier molecular flexibility index (Phi) is 6.63. The van der Waals surface area contributed by atoms with Crippen molar-refractivity contribution in [2.75, 3.05) is 45.9 Å². The molecule has 2 aromatic rings. The second-order valence-electron chi connectivity index (χ2n) is 6.78. The molecule has 150 valence electrons. The van der Waals surface area contributed by atoms with Gasteiger partial charge in [-0.25, -0.2) is 0 Å². The molecule has 3 rings (SSSR count). The van der Waals surface area contributed by atoms with E-state index in [1.807, 2.05) is 0 Å². The zero-order valence-corrected chi connectivity index (χ0v) is 16.8. The molecule has 0 atom stereocenters. The van der Waals surface area contributed by atoms with Crippen molar-refractivity contribution in [3.05, 3.63) is 47.5 Å². The van der Waals surface area contributed by atoms with E-state index in [2.05, 4.69) is 34.5 Å². The first-order valence-electron chi connectivity index (χ1n) is 9.58. The van der Waals surface area contributed by atoms with Crippen LogP contribution in [-0.4, -0.2) is 46.9 Å². The van der Waals surface area contributed by atoms with Crippen molar-refractivity contribution in [1.82, 2.24) is 5.32 Å². The molecule has 1 aliphatic heterocycles. The van der Waals surface area contributed by atoms with Crippen LogP contribution in [0.1, 0.15) is 28.8 Å². The summed E-state index contributed by atoms with van der Waals surface area (Å²) >= 11 is 0. The van der Waals surface area contributed by atoms with E-state index >= 15 is 0 Å². The molecular formula is C22H28N2O4. The molecule has 1 heterocycles. The van der Waals surface area contributed by atoms with Crippen LogP contribution in [0.3, 0.4) is 0 Å². The largest absolute Gasteiger partial charge is 0.493 e. The smallest absolute Gasteiger partial charge is 0.251 e. The third-order valence-electron chi connectivity index (χ3n) is 5.03. The molecule has 1 fully saturated rings. The monoisotopic (exact) mass is 384 g/mol. The number of hydrogen-bond acceptors (Lipinski definition) is 5. The van der Waals surface area contributed by atoms with Crippen molar-refractivity contribution < 1.29 is 19.0 Å². The summed E-state index contributed by atoms with van der Waals surface area (Å²) in [6, 6.07) is 11.9. The molecule has 0 spiro atoms. The molecule has 6 nitrogen and oxygen atoms in total. The molecule has 28 heavy (non-hydrogen) atoms. The summed E-state index contributed by atoms with van der Waals surface area (Å²) in [5.74, 6) is 1.22. The van der Waals surface area contributed by atoms with E-state index in [0.717, 1.165) is 19.5 Å². The molecule has 6 heteroatoms. The lowest BCUT2D eigenvalue weighted by Crippen LogP contribution is -2.25. The maximum atomic E-state index is 12.5. The standard InChI is InChI=1S/C22H28N2O4/c1-26-19-14-17(15-20(27-2)21(19)28-3)22(25)23-11-10-16-6-8-18(9-7-16)24-12-4-5-13-24/h6-9,14-15H,4-5,10-13H2,1-3H3,(H,23,25). The topological polar surface area (TPSA) is 60.0 Å². The number of ether oxygens (including phenoxy) is 3. The highest BCUT2D eigenvalue weighted by Crippen LogP contribution is 2.38. The number of benzene rings is 2. The minimum atomic E-state index is -0.173. The third kappa shape index (κ3) is 4.50. The van der Waals surface area contributed by atoms with E-state index in [4.69, 9.17) is 14.2 Å². The predicted molar refractivity (Wildman–Crippen MR) is 110 cm³/mol. The van der Waals surface area contributed by atoms with Crippen LogP contribution in [0.4, 0.5) is 5.69 Å². The first kappa shape index (κ1) is 19.9. The Morgan fingerprint density at radius 2 is 1.57 bits per heavy atom. The number of anilines is 1. The van der Waals surface area contributed by atoms with Crippen LogP contribution in [0.25, 0.3) is 0 Å². The second-order valence-corrected chi connectivity index (χ2v) is 6.78. The van der Waals surface area contributed by atoms with Gasteiger partial charge in [0, 0.05) is 30.9 Å². The van der Waals surface area contributed by atoms with Gasteiger partial charge in [-0.1, -0.05) is 12.1 Å². The molecule has 1 N–H and O–H groups in total. The molecule has 1 amide bonds. The maximum Gasteiger partial charge on any atom is 0.251 e. The van der Waals surface area contributed by atoms with Gasteiger partial charge in [-0.3, -0.25) is 4.79 Å². The number of rotatable bonds is 8. The predicted octanol–water partition coefficient (Wildman–Crippen LogP) is 3.29. The van der Waals surface area contributed by atoms with Crippen molar-refractivity contribution in [1.29, 1.82) is 0 Å². The molecule has 0 aliphatic carbocycles. The van der Waals surface area contributed by atoms with Crippen LogP contribution >= 0.6 is 0 Å². The van der Waals surface area contributed by atoms with Crippen LogP contribution in [0.5, 0.6) is 17.2 Å². The van der Waals surface area contributed by atoms with Gasteiger partial charge in [0.25, 0.3) is 5.91 Å². The Bertz CT molecular complexity index is 774. The van der Waals surface area contributed by atoms with Gasteiger partial charge in [-0.15, -0.1) is 0 Å². The van der Waals surface area contributed by atoms with Crippen LogP contribution in [0.15, 0.2) is 36.4 Å². The summed E-state index contributed by atoms with van der Waals surface area (Å²) in [6.45, 7) is 2.84. The Labute approximate surface area is 166 Å². The highest BCUT2D eigenvalue weighted by atomic mass is 16.5. The summed E-state index contributed by atoms with van der Waals surface area (Å²) in [7, 11) is 4.60. The molecule has 0 bridgehead atoms. The Hall–Kier alpha value is -2.89. The van der Waals surface area contributed by atoms with Gasteiger partial charge in [0.2, 0.25) is 5.75 Å². The summed E-state index contributed by atoms with van der Waals surface area (Å²) in [6.07, 6.45) is 3.32. The van der Waals surface area contributed by atoms with Gasteiger partial charge in [0.05, 0.1) is 21.3 Å². The number of hydrogen-bond donors (Lipinski definition) is 1. The number of carbonyl (C=O) groups excluding carboxylic acids is 1. The summed E-state index contributed by atoms with van der Waals surface area (Å²) < 4.78 is 15.9. The first-order valence-corrected chi connectivity index (χ1v) is 9.58. The average Bonchev–Trinajstić information content (AvgIpc) is 3.27. The number of carbonyl (C=O) groups is 1. The van der Waals surface area contributed by atoms with Gasteiger partial charge >= 0.3 is 0 Å². The molecular weight excluding hydrogens is 356 g/mol. The Balaban J connectivity index is 1.58. The highest BCUT2D eigenvalue weighted by molar-refractivity contribution is 5.95. The molecule has 1 saturated heterocycles. The summed E-state index contributed by atoms with van der Waals surface area (Å²) in [4.78, 5) is 14.9. The fourth-order valence-corrected chi connectivity index (χ4v) is 3.48. The van der Waals surface area contributed by atoms with Crippen LogP contribution in [0.2, 0.25) is 0 Å². The van der Waals surface area contributed by atoms with Crippen LogP contribution < -0.4 is 24.4 Å². The van der Waals surface area contributed by atoms with Crippen LogP contribution in [-0.2, 0) is 6.42 Å². The molecule has 0 saturated carbocycles.